The van der Waals surface area contributed by atoms with Gasteiger partial charge in [0.15, 0.2) is 11.6 Å². The van der Waals surface area contributed by atoms with Crippen LogP contribution >= 0.6 is 23.2 Å². The van der Waals surface area contributed by atoms with Crippen molar-refractivity contribution in [3.8, 4) is 11.9 Å². The average Bonchev–Trinajstić information content (AvgIpc) is 3.20. The molecule has 2 aromatic carbocycles. The predicted octanol–water partition coefficient (Wildman–Crippen LogP) is 4.28. The van der Waals surface area contributed by atoms with Crippen LogP contribution in [0.2, 0.25) is 10.0 Å². The number of rotatable bonds is 5. The fraction of sp³-hybridized carbons (Fsp3) is 0.0870. The van der Waals surface area contributed by atoms with Gasteiger partial charge in [-0.15, -0.1) is 0 Å². The lowest BCUT2D eigenvalue weighted by Crippen LogP contribution is -2.33. The van der Waals surface area contributed by atoms with Gasteiger partial charge in [0.05, 0.1) is 28.8 Å². The molecule has 4 rings (SSSR count). The van der Waals surface area contributed by atoms with E-state index >= 15 is 0 Å². The van der Waals surface area contributed by atoms with E-state index < -0.39 is 11.8 Å². The number of nitrogens with zero attached hydrogens (tertiary/aromatic N) is 4. The molecule has 0 aliphatic rings. The van der Waals surface area contributed by atoms with E-state index in [9.17, 15) is 14.9 Å². The molecule has 10 heteroatoms. The second-order valence-corrected chi connectivity index (χ2v) is 7.94. The number of halogens is 2. The Kier molecular flexibility index (Phi) is 6.27. The molecule has 2 heterocycles. The van der Waals surface area contributed by atoms with Gasteiger partial charge in [0, 0.05) is 10.4 Å². The number of anilines is 1. The lowest BCUT2D eigenvalue weighted by molar-refractivity contribution is -0.115. The highest BCUT2D eigenvalue weighted by molar-refractivity contribution is 6.36. The van der Waals surface area contributed by atoms with E-state index in [0.29, 0.717) is 10.8 Å². The van der Waals surface area contributed by atoms with Crippen LogP contribution in [0.4, 0.5) is 5.82 Å². The SMILES string of the molecule is Cc1cc(-n2ncc(C#N)c2NC(=O)CNC(=O)c2ccc(Cl)cc2Cl)nc2ccccc12. The molecular formula is C23H16Cl2N6O2. The van der Waals surface area contributed by atoms with Crippen LogP contribution in [0.5, 0.6) is 0 Å². The second-order valence-electron chi connectivity index (χ2n) is 7.10. The first kappa shape index (κ1) is 22.3. The van der Waals surface area contributed by atoms with Crippen LogP contribution in [0.25, 0.3) is 16.7 Å². The molecule has 0 spiro atoms. The van der Waals surface area contributed by atoms with Crippen molar-refractivity contribution in [3.63, 3.8) is 0 Å². The van der Waals surface area contributed by atoms with Gasteiger partial charge in [-0.05, 0) is 42.8 Å². The molecule has 164 valence electrons. The van der Waals surface area contributed by atoms with E-state index in [-0.39, 0.29) is 28.5 Å². The smallest absolute Gasteiger partial charge is 0.253 e. The Morgan fingerprint density at radius 3 is 2.70 bits per heavy atom. The summed E-state index contributed by atoms with van der Waals surface area (Å²) >= 11 is 11.9. The zero-order chi connectivity index (χ0) is 23.5. The molecule has 0 atom stereocenters. The third kappa shape index (κ3) is 4.65. The molecule has 0 saturated heterocycles. The molecule has 2 N–H and O–H groups in total. The summed E-state index contributed by atoms with van der Waals surface area (Å²) in [5, 5.41) is 20.4. The molecule has 4 aromatic rings. The van der Waals surface area contributed by atoms with Crippen molar-refractivity contribution in [1.29, 1.82) is 5.26 Å². The largest absolute Gasteiger partial charge is 0.343 e. The minimum absolute atomic E-state index is 0.156. The van der Waals surface area contributed by atoms with Gasteiger partial charge in [-0.2, -0.15) is 15.0 Å². The summed E-state index contributed by atoms with van der Waals surface area (Å²) in [7, 11) is 0. The van der Waals surface area contributed by atoms with Crippen molar-refractivity contribution in [2.45, 2.75) is 6.92 Å². The zero-order valence-electron chi connectivity index (χ0n) is 17.3. The van der Waals surface area contributed by atoms with Crippen LogP contribution in [0.1, 0.15) is 21.5 Å². The number of amides is 2. The molecular weight excluding hydrogens is 463 g/mol. The maximum Gasteiger partial charge on any atom is 0.253 e. The number of nitrogens with one attached hydrogen (secondary N) is 2. The van der Waals surface area contributed by atoms with Crippen molar-refractivity contribution in [2.75, 3.05) is 11.9 Å². The lowest BCUT2D eigenvalue weighted by Gasteiger charge is -2.12. The molecule has 0 radical (unpaired) electrons. The molecule has 2 amide bonds. The maximum atomic E-state index is 12.6. The zero-order valence-corrected chi connectivity index (χ0v) is 18.8. The first-order valence-electron chi connectivity index (χ1n) is 9.75. The van der Waals surface area contributed by atoms with Crippen LogP contribution in [0.3, 0.4) is 0 Å². The standard InChI is InChI=1S/C23H16Cl2N6O2/c1-13-8-20(29-19-5-3-2-4-16(13)19)31-22(14(10-26)11-28-31)30-21(32)12-27-23(33)17-7-6-15(24)9-18(17)25/h2-9,11H,12H2,1H3,(H,27,33)(H,30,32). The van der Waals surface area contributed by atoms with Crippen molar-refractivity contribution in [2.24, 2.45) is 0 Å². The number of aryl methyl sites for hydroxylation is 1. The summed E-state index contributed by atoms with van der Waals surface area (Å²) in [5.41, 5.74) is 2.07. The summed E-state index contributed by atoms with van der Waals surface area (Å²) in [6, 6.07) is 15.9. The highest BCUT2D eigenvalue weighted by atomic mass is 35.5. The Morgan fingerprint density at radius 2 is 1.94 bits per heavy atom. The van der Waals surface area contributed by atoms with Gasteiger partial charge in [-0.1, -0.05) is 41.4 Å². The molecule has 0 bridgehead atoms. The highest BCUT2D eigenvalue weighted by Crippen LogP contribution is 2.24. The Balaban J connectivity index is 1.55. The molecule has 0 aliphatic carbocycles. The van der Waals surface area contributed by atoms with Crippen molar-refractivity contribution >= 4 is 51.7 Å². The number of carbonyl (C=O) groups is 2. The highest BCUT2D eigenvalue weighted by Gasteiger charge is 2.18. The van der Waals surface area contributed by atoms with Crippen molar-refractivity contribution in [1.82, 2.24) is 20.1 Å². The molecule has 33 heavy (non-hydrogen) atoms. The minimum Gasteiger partial charge on any atom is -0.343 e. The number of carbonyl (C=O) groups excluding carboxylic acids is 2. The van der Waals surface area contributed by atoms with E-state index in [2.05, 4.69) is 20.7 Å². The summed E-state index contributed by atoms with van der Waals surface area (Å²) in [4.78, 5) is 29.5. The third-order valence-corrected chi connectivity index (χ3v) is 5.41. The van der Waals surface area contributed by atoms with Crippen LogP contribution in [-0.4, -0.2) is 33.1 Å². The topological polar surface area (TPSA) is 113 Å². The third-order valence-electron chi connectivity index (χ3n) is 4.86. The number of aromatic nitrogens is 3. The summed E-state index contributed by atoms with van der Waals surface area (Å²) in [5.74, 6) is -0.486. The first-order valence-corrected chi connectivity index (χ1v) is 10.5. The van der Waals surface area contributed by atoms with E-state index in [1.807, 2.05) is 43.3 Å². The number of pyridine rings is 1. The Labute approximate surface area is 198 Å². The van der Waals surface area contributed by atoms with Gasteiger partial charge < -0.3 is 10.6 Å². The number of para-hydroxylation sites is 1. The number of benzene rings is 2. The Morgan fingerprint density at radius 1 is 1.15 bits per heavy atom. The quantitative estimate of drug-likeness (QED) is 0.444. The predicted molar refractivity (Wildman–Crippen MR) is 126 cm³/mol. The molecule has 8 nitrogen and oxygen atoms in total. The Hall–Kier alpha value is -3.93. The number of hydrogen-bond donors (Lipinski definition) is 2. The summed E-state index contributed by atoms with van der Waals surface area (Å²) in [6.45, 7) is 1.59. The molecule has 0 fully saturated rings. The second kappa shape index (κ2) is 9.28. The molecule has 0 unspecified atom stereocenters. The first-order chi connectivity index (χ1) is 15.9. The van der Waals surface area contributed by atoms with Gasteiger partial charge in [0.2, 0.25) is 5.91 Å². The Bertz CT molecular complexity index is 1440. The van der Waals surface area contributed by atoms with E-state index in [0.717, 1.165) is 16.5 Å². The molecule has 0 saturated carbocycles. The van der Waals surface area contributed by atoms with Gasteiger partial charge in [-0.25, -0.2) is 4.98 Å². The van der Waals surface area contributed by atoms with Crippen LogP contribution in [0.15, 0.2) is 54.7 Å². The van der Waals surface area contributed by atoms with Crippen molar-refractivity contribution < 1.29 is 9.59 Å². The fourth-order valence-corrected chi connectivity index (χ4v) is 3.76. The number of nitriles is 1. The van der Waals surface area contributed by atoms with E-state index in [1.165, 1.54) is 29.1 Å². The van der Waals surface area contributed by atoms with Gasteiger partial charge in [0.25, 0.3) is 5.91 Å². The van der Waals surface area contributed by atoms with Gasteiger partial charge >= 0.3 is 0 Å². The van der Waals surface area contributed by atoms with Crippen molar-refractivity contribution in [3.05, 3.63) is 81.5 Å². The van der Waals surface area contributed by atoms with Crippen LogP contribution in [-0.2, 0) is 4.79 Å². The normalized spacial score (nSPS) is 10.6. The minimum atomic E-state index is -0.552. The molecule has 2 aromatic heterocycles. The van der Waals surface area contributed by atoms with E-state index in [4.69, 9.17) is 23.2 Å². The monoisotopic (exact) mass is 478 g/mol. The van der Waals surface area contributed by atoms with E-state index in [1.54, 1.807) is 0 Å². The fourth-order valence-electron chi connectivity index (χ4n) is 3.27. The van der Waals surface area contributed by atoms with Gasteiger partial charge in [0.1, 0.15) is 11.6 Å². The maximum absolute atomic E-state index is 12.6. The lowest BCUT2D eigenvalue weighted by atomic mass is 10.1. The number of fused-ring (bicyclic) bond motifs is 1. The average molecular weight is 479 g/mol. The summed E-state index contributed by atoms with van der Waals surface area (Å²) in [6.07, 6.45) is 1.34. The summed E-state index contributed by atoms with van der Waals surface area (Å²) < 4.78 is 1.38. The van der Waals surface area contributed by atoms with Crippen LogP contribution in [0, 0.1) is 18.3 Å². The van der Waals surface area contributed by atoms with Crippen LogP contribution < -0.4 is 10.6 Å². The molecule has 0 aliphatic heterocycles. The van der Waals surface area contributed by atoms with Gasteiger partial charge in [-0.3, -0.25) is 9.59 Å². The number of hydrogen-bond acceptors (Lipinski definition) is 5.